The van der Waals surface area contributed by atoms with Gasteiger partial charge in [-0.15, -0.1) is 11.3 Å². The molecule has 0 aliphatic carbocycles. The summed E-state index contributed by atoms with van der Waals surface area (Å²) in [6, 6.07) is 7.32. The number of benzene rings is 1. The number of esters is 1. The largest absolute Gasteiger partial charge is 0.496 e. The van der Waals surface area contributed by atoms with E-state index in [9.17, 15) is 14.9 Å². The van der Waals surface area contributed by atoms with E-state index in [1.165, 1.54) is 36.6 Å². The van der Waals surface area contributed by atoms with E-state index in [0.29, 0.717) is 10.6 Å². The van der Waals surface area contributed by atoms with Crippen molar-refractivity contribution in [2.75, 3.05) is 7.11 Å². The Morgan fingerprint density at radius 3 is 2.74 bits per heavy atom. The van der Waals surface area contributed by atoms with Crippen LogP contribution in [0.4, 0.5) is 5.69 Å². The number of thiophene rings is 1. The summed E-state index contributed by atoms with van der Waals surface area (Å²) in [4.78, 5) is 22.4. The molecule has 0 bridgehead atoms. The van der Waals surface area contributed by atoms with Crippen LogP contribution in [0.15, 0.2) is 35.7 Å². The summed E-state index contributed by atoms with van der Waals surface area (Å²) in [7, 11) is 1.40. The second-order valence-electron chi connectivity index (χ2n) is 3.46. The van der Waals surface area contributed by atoms with Crippen molar-refractivity contribution < 1.29 is 19.2 Å². The molecule has 0 aliphatic heterocycles. The quantitative estimate of drug-likeness (QED) is 0.372. The third kappa shape index (κ3) is 2.89. The van der Waals surface area contributed by atoms with Crippen LogP contribution in [0, 0.1) is 10.1 Å². The van der Waals surface area contributed by atoms with Crippen molar-refractivity contribution in [3.8, 4) is 11.5 Å². The van der Waals surface area contributed by atoms with Crippen LogP contribution < -0.4 is 9.47 Å². The van der Waals surface area contributed by atoms with Crippen molar-refractivity contribution >= 4 is 23.0 Å². The predicted molar refractivity (Wildman–Crippen MR) is 68.9 cm³/mol. The molecule has 19 heavy (non-hydrogen) atoms. The Balaban J connectivity index is 2.29. The SMILES string of the molecule is COc1ccc(OC(=O)c2cccs2)c([N+](=O)[O-])c1. The minimum absolute atomic E-state index is 0.107. The summed E-state index contributed by atoms with van der Waals surface area (Å²) >= 11 is 1.20. The zero-order chi connectivity index (χ0) is 13.8. The second kappa shape index (κ2) is 5.49. The third-order valence-electron chi connectivity index (χ3n) is 2.29. The van der Waals surface area contributed by atoms with E-state index in [1.54, 1.807) is 17.5 Å². The van der Waals surface area contributed by atoms with Crippen LogP contribution in [0.3, 0.4) is 0 Å². The molecule has 1 heterocycles. The van der Waals surface area contributed by atoms with Gasteiger partial charge in [-0.1, -0.05) is 6.07 Å². The van der Waals surface area contributed by atoms with Crippen LogP contribution in [0.2, 0.25) is 0 Å². The summed E-state index contributed by atoms with van der Waals surface area (Å²) in [5, 5.41) is 12.6. The van der Waals surface area contributed by atoms with E-state index in [1.807, 2.05) is 0 Å². The topological polar surface area (TPSA) is 78.7 Å². The van der Waals surface area contributed by atoms with E-state index in [2.05, 4.69) is 0 Å². The van der Waals surface area contributed by atoms with Gasteiger partial charge in [0.1, 0.15) is 10.6 Å². The van der Waals surface area contributed by atoms with Crippen molar-refractivity contribution in [2.24, 2.45) is 0 Å². The van der Waals surface area contributed by atoms with Gasteiger partial charge in [0, 0.05) is 0 Å². The molecule has 1 aromatic heterocycles. The molecule has 6 nitrogen and oxygen atoms in total. The molecule has 0 amide bonds. The van der Waals surface area contributed by atoms with Gasteiger partial charge in [0.2, 0.25) is 5.75 Å². The number of nitrogens with zero attached hydrogens (tertiary/aromatic N) is 1. The van der Waals surface area contributed by atoms with Gasteiger partial charge in [-0.3, -0.25) is 10.1 Å². The molecule has 1 aromatic carbocycles. The third-order valence-corrected chi connectivity index (χ3v) is 3.14. The highest BCUT2D eigenvalue weighted by molar-refractivity contribution is 7.12. The van der Waals surface area contributed by atoms with Crippen LogP contribution >= 0.6 is 11.3 Å². The average molecular weight is 279 g/mol. The van der Waals surface area contributed by atoms with Gasteiger partial charge >= 0.3 is 11.7 Å². The van der Waals surface area contributed by atoms with Crippen molar-refractivity contribution in [1.29, 1.82) is 0 Å². The van der Waals surface area contributed by atoms with E-state index in [4.69, 9.17) is 9.47 Å². The lowest BCUT2D eigenvalue weighted by Gasteiger charge is -2.05. The predicted octanol–water partition coefficient (Wildman–Crippen LogP) is 2.88. The molecule has 0 unspecified atom stereocenters. The second-order valence-corrected chi connectivity index (χ2v) is 4.41. The molecule has 7 heteroatoms. The number of rotatable bonds is 4. The number of carbonyl (C=O) groups excluding carboxylic acids is 1. The minimum Gasteiger partial charge on any atom is -0.496 e. The molecule has 98 valence electrons. The van der Waals surface area contributed by atoms with Gasteiger partial charge < -0.3 is 9.47 Å². The first-order valence-corrected chi connectivity index (χ1v) is 6.08. The highest BCUT2D eigenvalue weighted by atomic mass is 32.1. The molecular formula is C12H9NO5S. The number of nitro groups is 1. The zero-order valence-electron chi connectivity index (χ0n) is 9.86. The summed E-state index contributed by atoms with van der Waals surface area (Å²) < 4.78 is 9.92. The standard InChI is InChI=1S/C12H9NO5S/c1-17-8-4-5-10(9(7-8)13(15)16)18-12(14)11-3-2-6-19-11/h2-7H,1H3. The lowest BCUT2D eigenvalue weighted by atomic mass is 10.3. The molecular weight excluding hydrogens is 270 g/mol. The Morgan fingerprint density at radius 1 is 1.37 bits per heavy atom. The Labute approximate surface area is 112 Å². The Bertz CT molecular complexity index is 609. The molecule has 0 radical (unpaired) electrons. The van der Waals surface area contributed by atoms with Crippen molar-refractivity contribution in [1.82, 2.24) is 0 Å². The van der Waals surface area contributed by atoms with Crippen molar-refractivity contribution in [3.63, 3.8) is 0 Å². The van der Waals surface area contributed by atoms with Gasteiger partial charge in [0.05, 0.1) is 18.1 Å². The lowest BCUT2D eigenvalue weighted by molar-refractivity contribution is -0.385. The molecule has 0 saturated carbocycles. The first-order chi connectivity index (χ1) is 9.11. The number of methoxy groups -OCH3 is 1. The van der Waals surface area contributed by atoms with Gasteiger partial charge in [-0.25, -0.2) is 4.79 Å². The van der Waals surface area contributed by atoms with Crippen molar-refractivity contribution in [2.45, 2.75) is 0 Å². The van der Waals surface area contributed by atoms with E-state index in [-0.39, 0.29) is 11.4 Å². The number of nitro benzene ring substituents is 1. The van der Waals surface area contributed by atoms with Gasteiger partial charge in [0.15, 0.2) is 0 Å². The number of carbonyl (C=O) groups is 1. The fourth-order valence-electron chi connectivity index (χ4n) is 1.40. The monoisotopic (exact) mass is 279 g/mol. The van der Waals surface area contributed by atoms with Gasteiger partial charge in [-0.05, 0) is 23.6 Å². The molecule has 0 fully saturated rings. The van der Waals surface area contributed by atoms with Crippen LogP contribution in [0.25, 0.3) is 0 Å². The smallest absolute Gasteiger partial charge is 0.353 e. The molecule has 2 rings (SSSR count). The number of ether oxygens (including phenoxy) is 2. The zero-order valence-corrected chi connectivity index (χ0v) is 10.7. The van der Waals surface area contributed by atoms with E-state index in [0.717, 1.165) is 0 Å². The lowest BCUT2D eigenvalue weighted by Crippen LogP contribution is -2.08. The molecule has 0 spiro atoms. The Morgan fingerprint density at radius 2 is 2.16 bits per heavy atom. The maximum Gasteiger partial charge on any atom is 0.353 e. The molecule has 0 saturated heterocycles. The highest BCUT2D eigenvalue weighted by Crippen LogP contribution is 2.31. The Kier molecular flexibility index (Phi) is 3.76. The molecule has 0 atom stereocenters. The fourth-order valence-corrected chi connectivity index (χ4v) is 2.00. The highest BCUT2D eigenvalue weighted by Gasteiger charge is 2.20. The first-order valence-electron chi connectivity index (χ1n) is 5.20. The summed E-state index contributed by atoms with van der Waals surface area (Å²) in [6.45, 7) is 0. The maximum absolute atomic E-state index is 11.7. The van der Waals surface area contributed by atoms with Crippen molar-refractivity contribution in [3.05, 3.63) is 50.7 Å². The number of hydrogen-bond donors (Lipinski definition) is 0. The fraction of sp³-hybridized carbons (Fsp3) is 0.0833. The van der Waals surface area contributed by atoms with Gasteiger partial charge in [-0.2, -0.15) is 0 Å². The maximum atomic E-state index is 11.7. The number of hydrogen-bond acceptors (Lipinski definition) is 6. The minimum atomic E-state index is -0.625. The van der Waals surface area contributed by atoms with E-state index < -0.39 is 10.9 Å². The van der Waals surface area contributed by atoms with E-state index >= 15 is 0 Å². The molecule has 0 aliphatic rings. The summed E-state index contributed by atoms with van der Waals surface area (Å²) in [5.41, 5.74) is -0.316. The van der Waals surface area contributed by atoms with Crippen LogP contribution in [-0.2, 0) is 0 Å². The van der Waals surface area contributed by atoms with Crippen LogP contribution in [0.1, 0.15) is 9.67 Å². The Hall–Kier alpha value is -2.41. The van der Waals surface area contributed by atoms with Crippen LogP contribution in [-0.4, -0.2) is 18.0 Å². The summed E-state index contributed by atoms with van der Waals surface area (Å²) in [6.07, 6.45) is 0. The average Bonchev–Trinajstić information content (AvgIpc) is 2.92. The van der Waals surface area contributed by atoms with Gasteiger partial charge in [0.25, 0.3) is 0 Å². The first kappa shape index (κ1) is 13.0. The van der Waals surface area contributed by atoms with Crippen LogP contribution in [0.5, 0.6) is 11.5 Å². The molecule has 2 aromatic rings. The summed E-state index contributed by atoms with van der Waals surface area (Å²) in [5.74, 6) is -0.407. The normalized spacial score (nSPS) is 9.95. The molecule has 0 N–H and O–H groups in total.